The smallest absolute Gasteiger partial charge is 0.431 e. The lowest BCUT2D eigenvalue weighted by Gasteiger charge is -2.22. The van der Waals surface area contributed by atoms with E-state index in [0.717, 1.165) is 20.9 Å². The highest BCUT2D eigenvalue weighted by atomic mass is 32.1. The molecule has 0 aliphatic heterocycles. The summed E-state index contributed by atoms with van der Waals surface area (Å²) in [6.45, 7) is 2.15. The average molecular weight is 481 g/mol. The van der Waals surface area contributed by atoms with Crippen molar-refractivity contribution in [3.63, 3.8) is 0 Å². The van der Waals surface area contributed by atoms with Crippen molar-refractivity contribution in [1.29, 1.82) is 5.26 Å². The van der Waals surface area contributed by atoms with Gasteiger partial charge < -0.3 is 9.47 Å². The van der Waals surface area contributed by atoms with Crippen molar-refractivity contribution < 1.29 is 19.1 Å². The van der Waals surface area contributed by atoms with Crippen LogP contribution in [0.15, 0.2) is 41.9 Å². The lowest BCUT2D eigenvalue weighted by atomic mass is 9.91. The number of fused-ring (bicyclic) bond motifs is 1. The lowest BCUT2D eigenvalue weighted by molar-refractivity contribution is -0.118. The molecular formula is C25H24N2O4S2. The largest absolute Gasteiger partial charge is 0.508 e. The van der Waals surface area contributed by atoms with Crippen LogP contribution >= 0.6 is 22.7 Å². The van der Waals surface area contributed by atoms with Gasteiger partial charge in [-0.3, -0.25) is 4.79 Å². The van der Waals surface area contributed by atoms with Gasteiger partial charge in [0.15, 0.2) is 0 Å². The summed E-state index contributed by atoms with van der Waals surface area (Å²) in [4.78, 5) is 30.7. The van der Waals surface area contributed by atoms with E-state index in [1.165, 1.54) is 22.7 Å². The minimum Gasteiger partial charge on any atom is -0.431 e. The minimum atomic E-state index is -0.707. The standard InChI is InChI=1S/C25H24N2O4S2/c1-16(17-5-3-2-4-6-17)11-18(28)12-22-21(14-26)20-8-7-19(13-23(20)33-22)31-25(29)30-15-24-27-9-10-32-24/h2-6,9-10,16,19H,7-8,11-13,15H2,1H3. The SMILES string of the molecule is CC(CC(=O)Cc1sc2c(c1C#N)CCC(OC(=O)OCc1nccs1)C2)c1ccccc1. The van der Waals surface area contributed by atoms with Crippen LogP contribution in [0.2, 0.25) is 0 Å². The molecule has 3 aromatic rings. The first-order valence-electron chi connectivity index (χ1n) is 10.9. The Morgan fingerprint density at radius 3 is 2.85 bits per heavy atom. The number of thiazole rings is 1. The quantitative estimate of drug-likeness (QED) is 0.390. The normalized spacial score (nSPS) is 15.8. The average Bonchev–Trinajstić information content (AvgIpc) is 3.45. The number of Topliss-reactive ketones (excluding diaryl/α,β-unsaturated/α-hetero) is 1. The zero-order valence-corrected chi connectivity index (χ0v) is 19.9. The monoisotopic (exact) mass is 480 g/mol. The van der Waals surface area contributed by atoms with Crippen LogP contribution in [-0.4, -0.2) is 23.0 Å². The number of carbonyl (C=O) groups excluding carboxylic acids is 2. The van der Waals surface area contributed by atoms with Crippen molar-refractivity contribution in [3.8, 4) is 6.07 Å². The van der Waals surface area contributed by atoms with Gasteiger partial charge in [0.25, 0.3) is 0 Å². The molecule has 2 aromatic heterocycles. The third-order valence-corrected chi connectivity index (χ3v) is 7.73. The fraction of sp³-hybridized carbons (Fsp3) is 0.360. The summed E-state index contributed by atoms with van der Waals surface area (Å²) < 4.78 is 10.6. The molecule has 2 heterocycles. The van der Waals surface area contributed by atoms with Crippen molar-refractivity contribution in [2.75, 3.05) is 0 Å². The van der Waals surface area contributed by atoms with Crippen LogP contribution in [0.3, 0.4) is 0 Å². The van der Waals surface area contributed by atoms with Gasteiger partial charge in [0.05, 0.1) is 5.56 Å². The molecule has 0 saturated carbocycles. The first kappa shape index (κ1) is 23.1. The fourth-order valence-corrected chi connectivity index (χ4v) is 6.00. The molecule has 2 unspecified atom stereocenters. The Bertz CT molecular complexity index is 1150. The van der Waals surface area contributed by atoms with E-state index < -0.39 is 6.16 Å². The van der Waals surface area contributed by atoms with Gasteiger partial charge in [-0.05, 0) is 29.9 Å². The second-order valence-corrected chi connectivity index (χ2v) is 10.3. The molecule has 33 heavy (non-hydrogen) atoms. The van der Waals surface area contributed by atoms with Crippen LogP contribution in [0.1, 0.15) is 57.1 Å². The molecule has 1 aliphatic carbocycles. The number of hydrogen-bond donors (Lipinski definition) is 0. The number of rotatable bonds is 8. The summed E-state index contributed by atoms with van der Waals surface area (Å²) in [5, 5.41) is 12.3. The number of benzene rings is 1. The molecule has 170 valence electrons. The molecule has 0 spiro atoms. The predicted octanol–water partition coefficient (Wildman–Crippen LogP) is 5.59. The molecule has 1 aliphatic rings. The van der Waals surface area contributed by atoms with Gasteiger partial charge in [0, 0.05) is 40.6 Å². The summed E-state index contributed by atoms with van der Waals surface area (Å²) in [5.41, 5.74) is 2.76. The zero-order valence-electron chi connectivity index (χ0n) is 18.3. The Morgan fingerprint density at radius 2 is 2.12 bits per heavy atom. The summed E-state index contributed by atoms with van der Waals surface area (Å²) in [6.07, 6.45) is 3.17. The van der Waals surface area contributed by atoms with Gasteiger partial charge in [-0.2, -0.15) is 5.26 Å². The number of nitriles is 1. The predicted molar refractivity (Wildman–Crippen MR) is 126 cm³/mol. The van der Waals surface area contributed by atoms with E-state index in [-0.39, 0.29) is 30.8 Å². The van der Waals surface area contributed by atoms with E-state index in [0.29, 0.717) is 36.3 Å². The number of thiophene rings is 1. The zero-order chi connectivity index (χ0) is 23.2. The maximum atomic E-state index is 12.8. The summed E-state index contributed by atoms with van der Waals surface area (Å²) in [6, 6.07) is 12.3. The first-order valence-corrected chi connectivity index (χ1v) is 12.5. The molecule has 2 atom stereocenters. The van der Waals surface area contributed by atoms with E-state index in [1.54, 1.807) is 6.20 Å². The second kappa shape index (κ2) is 10.7. The van der Waals surface area contributed by atoms with Gasteiger partial charge in [0.2, 0.25) is 0 Å². The molecule has 0 fully saturated rings. The first-order chi connectivity index (χ1) is 16.0. The third-order valence-electron chi connectivity index (χ3n) is 5.72. The molecule has 0 N–H and O–H groups in total. The van der Waals surface area contributed by atoms with E-state index >= 15 is 0 Å². The Balaban J connectivity index is 1.35. The van der Waals surface area contributed by atoms with Crippen LogP contribution in [0, 0.1) is 11.3 Å². The van der Waals surface area contributed by atoms with Gasteiger partial charge in [-0.15, -0.1) is 22.7 Å². The molecule has 1 aromatic carbocycles. The topological polar surface area (TPSA) is 89.3 Å². The summed E-state index contributed by atoms with van der Waals surface area (Å²) in [5.74, 6) is 0.256. The number of aromatic nitrogens is 1. The molecule has 4 rings (SSSR count). The Morgan fingerprint density at radius 1 is 1.30 bits per heavy atom. The number of ketones is 1. The van der Waals surface area contributed by atoms with E-state index in [2.05, 4.69) is 11.1 Å². The Hall–Kier alpha value is -3.02. The molecular weight excluding hydrogens is 456 g/mol. The van der Waals surface area contributed by atoms with Crippen molar-refractivity contribution in [3.05, 3.63) is 73.4 Å². The molecule has 0 saturated heterocycles. The van der Waals surface area contributed by atoms with Crippen LogP contribution in [0.4, 0.5) is 4.79 Å². The van der Waals surface area contributed by atoms with E-state index in [9.17, 15) is 14.9 Å². The summed E-state index contributed by atoms with van der Waals surface area (Å²) >= 11 is 2.91. The van der Waals surface area contributed by atoms with Gasteiger partial charge in [-0.1, -0.05) is 37.3 Å². The van der Waals surface area contributed by atoms with Crippen molar-refractivity contribution in [2.24, 2.45) is 0 Å². The van der Waals surface area contributed by atoms with Crippen molar-refractivity contribution in [1.82, 2.24) is 4.98 Å². The number of ether oxygens (including phenoxy) is 2. The highest BCUT2D eigenvalue weighted by Gasteiger charge is 2.29. The molecule has 8 heteroatoms. The number of hydrogen-bond acceptors (Lipinski definition) is 8. The second-order valence-electron chi connectivity index (χ2n) is 8.09. The maximum absolute atomic E-state index is 12.8. The van der Waals surface area contributed by atoms with E-state index in [1.807, 2.05) is 42.6 Å². The molecule has 0 bridgehead atoms. The van der Waals surface area contributed by atoms with Crippen LogP contribution in [0.25, 0.3) is 0 Å². The van der Waals surface area contributed by atoms with E-state index in [4.69, 9.17) is 9.47 Å². The molecule has 0 amide bonds. The number of nitrogens with zero attached hydrogens (tertiary/aromatic N) is 2. The van der Waals surface area contributed by atoms with Crippen LogP contribution in [0.5, 0.6) is 0 Å². The minimum absolute atomic E-state index is 0.0969. The molecule has 6 nitrogen and oxygen atoms in total. The van der Waals surface area contributed by atoms with Crippen LogP contribution in [-0.2, 0) is 40.1 Å². The fourth-order valence-electron chi connectivity index (χ4n) is 4.07. The Kier molecular flexibility index (Phi) is 7.53. The Labute approximate surface area is 200 Å². The number of carbonyl (C=O) groups is 2. The summed E-state index contributed by atoms with van der Waals surface area (Å²) in [7, 11) is 0. The van der Waals surface area contributed by atoms with Gasteiger partial charge in [0.1, 0.15) is 29.6 Å². The highest BCUT2D eigenvalue weighted by Crippen LogP contribution is 2.36. The van der Waals surface area contributed by atoms with Gasteiger partial charge >= 0.3 is 6.16 Å². The van der Waals surface area contributed by atoms with Gasteiger partial charge in [-0.25, -0.2) is 9.78 Å². The van der Waals surface area contributed by atoms with Crippen molar-refractivity contribution in [2.45, 2.75) is 57.7 Å². The third kappa shape index (κ3) is 5.86. The molecule has 0 radical (unpaired) electrons. The maximum Gasteiger partial charge on any atom is 0.508 e. The van der Waals surface area contributed by atoms with Crippen LogP contribution < -0.4 is 0 Å². The highest BCUT2D eigenvalue weighted by molar-refractivity contribution is 7.12. The lowest BCUT2D eigenvalue weighted by Crippen LogP contribution is -2.25. The van der Waals surface area contributed by atoms with Crippen molar-refractivity contribution >= 4 is 34.6 Å².